The lowest BCUT2D eigenvalue weighted by Crippen LogP contribution is -2.08. The van der Waals surface area contributed by atoms with E-state index in [0.29, 0.717) is 5.69 Å². The zero-order chi connectivity index (χ0) is 13.1. The van der Waals surface area contributed by atoms with Gasteiger partial charge < -0.3 is 16.2 Å². The monoisotopic (exact) mass is 263 g/mol. The van der Waals surface area contributed by atoms with Gasteiger partial charge in [-0.1, -0.05) is 0 Å². The zero-order valence-corrected chi connectivity index (χ0v) is 10.6. The number of nitrogen functional groups attached to an aromatic ring is 1. The van der Waals surface area contributed by atoms with E-state index in [4.69, 9.17) is 10.8 Å². The number of carbonyl (C=O) groups is 1. The van der Waals surface area contributed by atoms with E-state index in [0.717, 1.165) is 5.01 Å². The lowest BCUT2D eigenvalue weighted by Gasteiger charge is -2.13. The molecule has 18 heavy (non-hydrogen) atoms. The first-order chi connectivity index (χ1) is 8.58. The maximum atomic E-state index is 11.0. The Morgan fingerprint density at radius 2 is 2.33 bits per heavy atom. The fraction of sp³-hybridized carbons (Fsp3) is 0.167. The highest BCUT2D eigenvalue weighted by molar-refractivity contribution is 7.09. The quantitative estimate of drug-likeness (QED) is 0.738. The molecule has 0 saturated carbocycles. The Morgan fingerprint density at radius 1 is 1.56 bits per heavy atom. The van der Waals surface area contributed by atoms with Crippen molar-refractivity contribution in [3.63, 3.8) is 0 Å². The van der Waals surface area contributed by atoms with E-state index >= 15 is 0 Å². The van der Waals surface area contributed by atoms with Gasteiger partial charge in [-0.2, -0.15) is 0 Å². The minimum absolute atomic E-state index is 0.0234. The number of thiazole rings is 1. The van der Waals surface area contributed by atoms with Crippen molar-refractivity contribution in [3.05, 3.63) is 40.3 Å². The highest BCUT2D eigenvalue weighted by Gasteiger charge is 2.11. The van der Waals surface area contributed by atoms with Gasteiger partial charge in [0.25, 0.3) is 0 Å². The Kier molecular flexibility index (Phi) is 3.47. The van der Waals surface area contributed by atoms with Crippen LogP contribution in [-0.2, 0) is 0 Å². The van der Waals surface area contributed by atoms with Crippen LogP contribution in [0.3, 0.4) is 0 Å². The Hall–Kier alpha value is -2.08. The van der Waals surface area contributed by atoms with Crippen LogP contribution in [-0.4, -0.2) is 16.1 Å². The molecule has 94 valence electrons. The molecule has 4 N–H and O–H groups in total. The van der Waals surface area contributed by atoms with Crippen LogP contribution in [0.25, 0.3) is 0 Å². The summed E-state index contributed by atoms with van der Waals surface area (Å²) in [7, 11) is 0. The van der Waals surface area contributed by atoms with Crippen LogP contribution in [0.5, 0.6) is 0 Å². The highest BCUT2D eigenvalue weighted by Crippen LogP contribution is 2.23. The molecular weight excluding hydrogens is 250 g/mol. The number of nitrogens with one attached hydrogen (secondary N) is 1. The van der Waals surface area contributed by atoms with E-state index in [1.54, 1.807) is 29.7 Å². The standard InChI is InChI=1S/C12H13N3O2S/c1-7(11-14-4-5-18-11)15-8-2-3-10(13)9(6-8)12(16)17/h2-7,15H,13H2,1H3,(H,16,17). The number of nitrogens with zero attached hydrogens (tertiary/aromatic N) is 1. The fourth-order valence-electron chi connectivity index (χ4n) is 1.59. The maximum absolute atomic E-state index is 11.0. The smallest absolute Gasteiger partial charge is 0.337 e. The molecule has 5 nitrogen and oxygen atoms in total. The first kappa shape index (κ1) is 12.4. The minimum atomic E-state index is -1.03. The van der Waals surface area contributed by atoms with Gasteiger partial charge in [0.15, 0.2) is 0 Å². The molecule has 0 aliphatic carbocycles. The van der Waals surface area contributed by atoms with Crippen molar-refractivity contribution in [2.24, 2.45) is 0 Å². The lowest BCUT2D eigenvalue weighted by molar-refractivity contribution is 0.0698. The Morgan fingerprint density at radius 3 is 2.94 bits per heavy atom. The highest BCUT2D eigenvalue weighted by atomic mass is 32.1. The number of aromatic carboxylic acids is 1. The van der Waals surface area contributed by atoms with Crippen LogP contribution in [0.15, 0.2) is 29.8 Å². The third-order valence-corrected chi connectivity index (χ3v) is 3.45. The molecule has 1 aromatic carbocycles. The summed E-state index contributed by atoms with van der Waals surface area (Å²) in [6, 6.07) is 4.89. The van der Waals surface area contributed by atoms with Crippen molar-refractivity contribution in [1.29, 1.82) is 0 Å². The number of carboxylic acid groups (broad SMARTS) is 1. The average Bonchev–Trinajstić information content (AvgIpc) is 2.85. The number of hydrogen-bond acceptors (Lipinski definition) is 5. The minimum Gasteiger partial charge on any atom is -0.478 e. The molecule has 1 heterocycles. The van der Waals surface area contributed by atoms with E-state index in [1.807, 2.05) is 12.3 Å². The van der Waals surface area contributed by atoms with E-state index in [-0.39, 0.29) is 17.3 Å². The van der Waals surface area contributed by atoms with Crippen molar-refractivity contribution < 1.29 is 9.90 Å². The molecule has 0 saturated heterocycles. The SMILES string of the molecule is CC(Nc1ccc(N)c(C(=O)O)c1)c1nccs1. The Bertz CT molecular complexity index is 554. The van der Waals surface area contributed by atoms with Crippen molar-refractivity contribution in [1.82, 2.24) is 4.98 Å². The predicted octanol–water partition coefficient (Wildman–Crippen LogP) is 2.60. The van der Waals surface area contributed by atoms with Crippen molar-refractivity contribution in [2.45, 2.75) is 13.0 Å². The summed E-state index contributed by atoms with van der Waals surface area (Å²) < 4.78 is 0. The molecule has 0 bridgehead atoms. The third-order valence-electron chi connectivity index (χ3n) is 2.49. The van der Waals surface area contributed by atoms with Crippen molar-refractivity contribution >= 4 is 28.7 Å². The summed E-state index contributed by atoms with van der Waals surface area (Å²) in [6.07, 6.45) is 1.74. The molecule has 0 amide bonds. The number of carboxylic acids is 1. The summed E-state index contributed by atoms with van der Waals surface area (Å²) in [5, 5.41) is 15.0. The summed E-state index contributed by atoms with van der Waals surface area (Å²) in [6.45, 7) is 1.97. The molecular formula is C12H13N3O2S. The lowest BCUT2D eigenvalue weighted by atomic mass is 10.1. The molecule has 2 rings (SSSR count). The molecule has 0 aliphatic rings. The van der Waals surface area contributed by atoms with Gasteiger partial charge in [0.1, 0.15) is 5.01 Å². The topological polar surface area (TPSA) is 88.2 Å². The van der Waals surface area contributed by atoms with Gasteiger partial charge >= 0.3 is 5.97 Å². The molecule has 1 aromatic heterocycles. The van der Waals surface area contributed by atoms with E-state index in [9.17, 15) is 4.79 Å². The fourth-order valence-corrected chi connectivity index (χ4v) is 2.24. The molecule has 1 atom stereocenters. The van der Waals surface area contributed by atoms with Gasteiger partial charge in [0.05, 0.1) is 11.6 Å². The molecule has 1 unspecified atom stereocenters. The summed E-state index contributed by atoms with van der Waals surface area (Å²) in [5.41, 5.74) is 6.67. The largest absolute Gasteiger partial charge is 0.478 e. The van der Waals surface area contributed by atoms with Gasteiger partial charge in [0.2, 0.25) is 0 Å². The van der Waals surface area contributed by atoms with Gasteiger partial charge in [0, 0.05) is 23.0 Å². The van der Waals surface area contributed by atoms with Gasteiger partial charge in [-0.25, -0.2) is 9.78 Å². The molecule has 2 aromatic rings. The second-order valence-electron chi connectivity index (χ2n) is 3.84. The van der Waals surface area contributed by atoms with Crippen LogP contribution >= 0.6 is 11.3 Å². The van der Waals surface area contributed by atoms with Crippen LogP contribution in [0.1, 0.15) is 28.3 Å². The maximum Gasteiger partial charge on any atom is 0.337 e. The van der Waals surface area contributed by atoms with Crippen LogP contribution in [0.4, 0.5) is 11.4 Å². The number of anilines is 2. The molecule has 0 aliphatic heterocycles. The van der Waals surface area contributed by atoms with Crippen LogP contribution in [0.2, 0.25) is 0 Å². The van der Waals surface area contributed by atoms with E-state index < -0.39 is 5.97 Å². The zero-order valence-electron chi connectivity index (χ0n) is 9.75. The number of aromatic nitrogens is 1. The molecule has 0 fully saturated rings. The Balaban J connectivity index is 2.20. The predicted molar refractivity (Wildman–Crippen MR) is 72.0 cm³/mol. The average molecular weight is 263 g/mol. The van der Waals surface area contributed by atoms with E-state index in [2.05, 4.69) is 10.3 Å². The molecule has 6 heteroatoms. The van der Waals surface area contributed by atoms with Crippen LogP contribution in [0, 0.1) is 0 Å². The normalized spacial score (nSPS) is 12.1. The number of hydrogen-bond donors (Lipinski definition) is 3. The number of nitrogens with two attached hydrogens (primary N) is 1. The van der Waals surface area contributed by atoms with Crippen molar-refractivity contribution in [2.75, 3.05) is 11.1 Å². The second kappa shape index (κ2) is 5.05. The van der Waals surface area contributed by atoms with E-state index in [1.165, 1.54) is 6.07 Å². The number of benzene rings is 1. The Labute approximate surface area is 108 Å². The second-order valence-corrected chi connectivity index (χ2v) is 4.77. The number of rotatable bonds is 4. The first-order valence-electron chi connectivity index (χ1n) is 5.36. The van der Waals surface area contributed by atoms with Gasteiger partial charge in [-0.15, -0.1) is 11.3 Å². The molecule has 0 radical (unpaired) electrons. The summed E-state index contributed by atoms with van der Waals surface area (Å²) in [4.78, 5) is 15.2. The molecule has 0 spiro atoms. The van der Waals surface area contributed by atoms with Gasteiger partial charge in [-0.3, -0.25) is 0 Å². The van der Waals surface area contributed by atoms with Gasteiger partial charge in [-0.05, 0) is 25.1 Å². The van der Waals surface area contributed by atoms with Crippen LogP contribution < -0.4 is 11.1 Å². The van der Waals surface area contributed by atoms with Crippen molar-refractivity contribution in [3.8, 4) is 0 Å². The summed E-state index contributed by atoms with van der Waals surface area (Å²) in [5.74, 6) is -1.03. The summed E-state index contributed by atoms with van der Waals surface area (Å²) >= 11 is 1.55. The first-order valence-corrected chi connectivity index (χ1v) is 6.24. The third kappa shape index (κ3) is 2.60.